The lowest BCUT2D eigenvalue weighted by Gasteiger charge is -2.10. The molecule has 0 aliphatic heterocycles. The van der Waals surface area contributed by atoms with Crippen LogP contribution in [-0.4, -0.2) is 21.0 Å². The van der Waals surface area contributed by atoms with E-state index in [1.54, 1.807) is 0 Å². The summed E-state index contributed by atoms with van der Waals surface area (Å²) < 4.78 is 1.84. The van der Waals surface area contributed by atoms with Crippen molar-refractivity contribution >= 4 is 6.21 Å². The van der Waals surface area contributed by atoms with E-state index in [1.165, 1.54) is 12.5 Å². The minimum absolute atomic E-state index is 0.0508. The van der Waals surface area contributed by atoms with E-state index in [0.29, 0.717) is 6.04 Å². The highest BCUT2D eigenvalue weighted by molar-refractivity contribution is 5.62. The average Bonchev–Trinajstić information content (AvgIpc) is 2.50. The van der Waals surface area contributed by atoms with Crippen molar-refractivity contribution in [2.75, 3.05) is 0 Å². The highest BCUT2D eigenvalue weighted by Gasteiger charge is 2.11. The summed E-state index contributed by atoms with van der Waals surface area (Å²) in [6.07, 6.45) is 2.91. The molecular weight excluding hydrogens is 152 g/mol. The molecule has 0 amide bonds. The van der Waals surface area contributed by atoms with Crippen molar-refractivity contribution in [3.63, 3.8) is 0 Å². The van der Waals surface area contributed by atoms with Gasteiger partial charge in [0.1, 0.15) is 12.2 Å². The largest absolute Gasteiger partial charge is 0.312 e. The third-order valence-electron chi connectivity index (χ3n) is 1.75. The van der Waals surface area contributed by atoms with Crippen molar-refractivity contribution < 1.29 is 0 Å². The second kappa shape index (κ2) is 3.47. The number of hydrogen-bond donors (Lipinski definition) is 1. The maximum Gasteiger partial charge on any atom is 0.138 e. The normalized spacial score (nSPS) is 13.3. The van der Waals surface area contributed by atoms with Crippen LogP contribution < -0.4 is 0 Å². The molecule has 1 aromatic heterocycles. The Labute approximate surface area is 72.1 Å². The monoisotopic (exact) mass is 166 g/mol. The van der Waals surface area contributed by atoms with Crippen LogP contribution in [0.5, 0.6) is 0 Å². The van der Waals surface area contributed by atoms with Crippen LogP contribution in [0.4, 0.5) is 0 Å². The molecule has 0 bridgehead atoms. The van der Waals surface area contributed by atoms with E-state index in [9.17, 15) is 0 Å². The van der Waals surface area contributed by atoms with Gasteiger partial charge in [-0.3, -0.25) is 0 Å². The zero-order valence-corrected chi connectivity index (χ0v) is 7.65. The smallest absolute Gasteiger partial charge is 0.138 e. The minimum atomic E-state index is 0.0508. The Morgan fingerprint density at radius 3 is 2.67 bits per heavy atom. The second-order valence-corrected chi connectivity index (χ2v) is 3.11. The van der Waals surface area contributed by atoms with Gasteiger partial charge in [-0.15, -0.1) is 0 Å². The molecule has 1 N–H and O–H groups in total. The Kier molecular flexibility index (Phi) is 2.58. The molecule has 1 atom stereocenters. The van der Waals surface area contributed by atoms with Crippen LogP contribution in [0.25, 0.3) is 0 Å². The SMILES string of the molecule is CC(C=N)c1ncnn1C(C)C. The summed E-state index contributed by atoms with van der Waals surface area (Å²) in [7, 11) is 0. The van der Waals surface area contributed by atoms with Crippen molar-refractivity contribution in [3.8, 4) is 0 Å². The molecule has 0 spiro atoms. The Hall–Kier alpha value is -1.19. The lowest BCUT2D eigenvalue weighted by atomic mass is 10.2. The minimum Gasteiger partial charge on any atom is -0.312 e. The Bertz CT molecular complexity index is 264. The molecule has 0 aliphatic carbocycles. The van der Waals surface area contributed by atoms with Crippen LogP contribution in [0, 0.1) is 5.41 Å². The van der Waals surface area contributed by atoms with E-state index in [4.69, 9.17) is 5.41 Å². The Morgan fingerprint density at radius 1 is 1.50 bits per heavy atom. The summed E-state index contributed by atoms with van der Waals surface area (Å²) >= 11 is 0. The van der Waals surface area contributed by atoms with Gasteiger partial charge in [0.2, 0.25) is 0 Å². The van der Waals surface area contributed by atoms with Gasteiger partial charge in [-0.25, -0.2) is 9.67 Å². The van der Waals surface area contributed by atoms with Crippen molar-refractivity contribution in [2.24, 2.45) is 0 Å². The number of aromatic nitrogens is 3. The number of nitrogens with zero attached hydrogens (tertiary/aromatic N) is 3. The lowest BCUT2D eigenvalue weighted by Crippen LogP contribution is -2.11. The molecule has 0 radical (unpaired) electrons. The van der Waals surface area contributed by atoms with Crippen molar-refractivity contribution in [3.05, 3.63) is 12.2 Å². The third-order valence-corrected chi connectivity index (χ3v) is 1.75. The van der Waals surface area contributed by atoms with Crippen LogP contribution in [0.3, 0.4) is 0 Å². The van der Waals surface area contributed by atoms with Gasteiger partial charge in [0, 0.05) is 12.3 Å². The van der Waals surface area contributed by atoms with Crippen LogP contribution in [0.15, 0.2) is 6.33 Å². The van der Waals surface area contributed by atoms with Gasteiger partial charge in [-0.05, 0) is 13.8 Å². The van der Waals surface area contributed by atoms with E-state index in [1.807, 2.05) is 11.6 Å². The molecule has 66 valence electrons. The zero-order chi connectivity index (χ0) is 9.14. The number of rotatable bonds is 3. The van der Waals surface area contributed by atoms with Crippen LogP contribution in [-0.2, 0) is 0 Å². The fourth-order valence-electron chi connectivity index (χ4n) is 1.06. The van der Waals surface area contributed by atoms with Gasteiger partial charge in [-0.2, -0.15) is 5.10 Å². The first kappa shape index (κ1) is 8.90. The van der Waals surface area contributed by atoms with Crippen LogP contribution in [0.2, 0.25) is 0 Å². The summed E-state index contributed by atoms with van der Waals surface area (Å²) in [6, 6.07) is 0.310. The molecule has 1 aromatic rings. The molecule has 0 saturated heterocycles. The second-order valence-electron chi connectivity index (χ2n) is 3.11. The van der Waals surface area contributed by atoms with Gasteiger partial charge < -0.3 is 5.41 Å². The molecule has 12 heavy (non-hydrogen) atoms. The van der Waals surface area contributed by atoms with E-state index in [0.717, 1.165) is 5.82 Å². The Morgan fingerprint density at radius 2 is 2.17 bits per heavy atom. The summed E-state index contributed by atoms with van der Waals surface area (Å²) in [4.78, 5) is 4.11. The van der Waals surface area contributed by atoms with Crippen molar-refractivity contribution in [1.29, 1.82) is 5.41 Å². The summed E-state index contributed by atoms with van der Waals surface area (Å²) in [5.74, 6) is 0.912. The fraction of sp³-hybridized carbons (Fsp3) is 0.625. The van der Waals surface area contributed by atoms with Gasteiger partial charge in [0.25, 0.3) is 0 Å². The summed E-state index contributed by atoms with van der Waals surface area (Å²) in [5.41, 5.74) is 0. The molecule has 0 saturated carbocycles. The molecule has 4 nitrogen and oxygen atoms in total. The van der Waals surface area contributed by atoms with E-state index >= 15 is 0 Å². The molecule has 4 heteroatoms. The molecular formula is C8H14N4. The average molecular weight is 166 g/mol. The quantitative estimate of drug-likeness (QED) is 0.693. The first-order valence-electron chi connectivity index (χ1n) is 4.06. The van der Waals surface area contributed by atoms with Gasteiger partial charge in [-0.1, -0.05) is 6.92 Å². The maximum absolute atomic E-state index is 7.12. The van der Waals surface area contributed by atoms with E-state index in [-0.39, 0.29) is 5.92 Å². The topological polar surface area (TPSA) is 54.6 Å². The van der Waals surface area contributed by atoms with E-state index < -0.39 is 0 Å². The first-order valence-corrected chi connectivity index (χ1v) is 4.06. The third kappa shape index (κ3) is 1.52. The molecule has 1 rings (SSSR count). The van der Waals surface area contributed by atoms with Crippen molar-refractivity contribution in [1.82, 2.24) is 14.8 Å². The predicted molar refractivity (Wildman–Crippen MR) is 47.6 cm³/mol. The summed E-state index contributed by atoms with van der Waals surface area (Å²) in [5, 5.41) is 11.2. The number of hydrogen-bond acceptors (Lipinski definition) is 3. The zero-order valence-electron chi connectivity index (χ0n) is 7.65. The predicted octanol–water partition coefficient (Wildman–Crippen LogP) is 1.61. The van der Waals surface area contributed by atoms with Crippen LogP contribution in [0.1, 0.15) is 38.6 Å². The molecule has 0 aromatic carbocycles. The van der Waals surface area contributed by atoms with Crippen LogP contribution >= 0.6 is 0 Å². The highest BCUT2D eigenvalue weighted by atomic mass is 15.3. The number of nitrogens with one attached hydrogen (secondary N) is 1. The molecule has 1 unspecified atom stereocenters. The highest BCUT2D eigenvalue weighted by Crippen LogP contribution is 2.13. The molecule has 1 heterocycles. The van der Waals surface area contributed by atoms with Crippen molar-refractivity contribution in [2.45, 2.75) is 32.7 Å². The fourth-order valence-corrected chi connectivity index (χ4v) is 1.06. The van der Waals surface area contributed by atoms with Gasteiger partial charge in [0.15, 0.2) is 0 Å². The maximum atomic E-state index is 7.12. The molecule has 0 aliphatic rings. The lowest BCUT2D eigenvalue weighted by molar-refractivity contribution is 0.503. The standard InChI is InChI=1S/C8H14N4/c1-6(2)12-8(7(3)4-9)10-5-11-12/h4-7,9H,1-3H3. The summed E-state index contributed by atoms with van der Waals surface area (Å²) in [6.45, 7) is 6.04. The molecule has 0 fully saturated rings. The Balaban J connectivity index is 2.98. The van der Waals surface area contributed by atoms with E-state index in [2.05, 4.69) is 23.9 Å². The van der Waals surface area contributed by atoms with Gasteiger partial charge >= 0.3 is 0 Å². The van der Waals surface area contributed by atoms with Gasteiger partial charge in [0.05, 0.1) is 5.92 Å². The first-order chi connectivity index (χ1) is 5.66.